The van der Waals surface area contributed by atoms with Gasteiger partial charge in [-0.25, -0.2) is 19.6 Å². The van der Waals surface area contributed by atoms with Crippen molar-refractivity contribution in [2.24, 2.45) is 16.2 Å². The Morgan fingerprint density at radius 2 is 1.40 bits per heavy atom. The molecule has 127 heavy (non-hydrogen) atoms. The van der Waals surface area contributed by atoms with E-state index in [4.69, 9.17) is 52.7 Å². The van der Waals surface area contributed by atoms with Crippen molar-refractivity contribution in [3.05, 3.63) is 125 Å². The van der Waals surface area contributed by atoms with Gasteiger partial charge in [-0.1, -0.05) is 55.5 Å². The van der Waals surface area contributed by atoms with Crippen LogP contribution in [0.5, 0.6) is 5.75 Å². The zero-order valence-electron chi connectivity index (χ0n) is 71.0. The highest BCUT2D eigenvalue weighted by molar-refractivity contribution is 7.85. The molecular formula is C85H109N13O27S2. The summed E-state index contributed by atoms with van der Waals surface area (Å²) in [4.78, 5) is 142. The number of carbonyl (C=O) groups excluding carboxylic acids is 9. The van der Waals surface area contributed by atoms with Crippen LogP contribution < -0.4 is 41.5 Å². The molecule has 9 amide bonds. The fraction of sp³-hybridized carbons (Fsp3) is 0.541. The standard InChI is InChI=1S/C85H109N13O27S2/c1-52-57(55-13-15-65(93-72(55)78(111)112)96-25-19-54-8-7-9-56(58(54)40-96)76(109)94-80-92-59-10-5-6-11-64(59)126-80)39-89-98(52)51-84-46-82(2)45-83(3,47-84)49-85(48-82,50-84)123-31-27-95(4)81(113)122-42-53-12-14-62(124-79-75(108)74(107)73(106)63(41-99)125-79)60(38-53)90-67(101)18-22-86-69(103)43-121-30-24-88-77(110)61(44-127(114,115)116)91-68(102)21-28-117-32-34-119-36-37-120-35-33-118-29-23-87-66(100)20-26-97-70(104)16-17-71(97)105/h5-17,38-39,61,63,73-75,79,99,106-108H,18-37,40-51H2,1-4H3,(H,86,103)(H,87,100)(H,88,110)(H,90,101)(H,91,102)(H,111,112)(H,92,94,109)(H,114,115,116)/t61-,63-,73+,74+,75-,79-,82?,83?,84?,85?/m1/s1. The minimum absolute atomic E-state index is 0.0204. The number of hydrogen-bond acceptors (Lipinski definition) is 30. The van der Waals surface area contributed by atoms with Gasteiger partial charge in [-0.15, -0.1) is 0 Å². The summed E-state index contributed by atoms with van der Waals surface area (Å²) in [6, 6.07) is 19.5. The van der Waals surface area contributed by atoms with Gasteiger partial charge < -0.3 is 105 Å². The van der Waals surface area contributed by atoms with Crippen LogP contribution in [0.2, 0.25) is 0 Å². The Hall–Kier alpha value is -10.6. The number of anilines is 3. The Labute approximate surface area is 735 Å². The van der Waals surface area contributed by atoms with E-state index < -0.39 is 119 Å². The molecule has 3 aromatic carbocycles. The second kappa shape index (κ2) is 43.0. The first-order valence-corrected chi connectivity index (χ1v) is 44.3. The second-order valence-electron chi connectivity index (χ2n) is 33.4. The minimum atomic E-state index is -4.78. The lowest BCUT2D eigenvalue weighted by atomic mass is 9.39. The Morgan fingerprint density at radius 1 is 0.709 bits per heavy atom. The molecular weight excluding hydrogens is 1700 g/mol. The molecule has 1 saturated heterocycles. The van der Waals surface area contributed by atoms with Crippen molar-refractivity contribution in [1.29, 1.82) is 0 Å². The molecule has 4 aliphatic carbocycles. The number of nitrogens with zero attached hydrogens (tertiary/aromatic N) is 7. The number of rotatable bonds is 47. The summed E-state index contributed by atoms with van der Waals surface area (Å²) < 4.78 is 87.4. The van der Waals surface area contributed by atoms with Gasteiger partial charge in [0.25, 0.3) is 27.8 Å². The number of carboxylic acid groups (broad SMARTS) is 1. The zero-order valence-corrected chi connectivity index (χ0v) is 72.6. The van der Waals surface area contributed by atoms with E-state index in [9.17, 15) is 86.4 Å². The number of fused-ring (bicyclic) bond motifs is 2. The molecule has 13 rings (SSSR count). The predicted octanol–water partition coefficient (Wildman–Crippen LogP) is 2.80. The Bertz CT molecular complexity index is 5060. The summed E-state index contributed by atoms with van der Waals surface area (Å²) in [5, 5.41) is 73.4. The number of hydrogen-bond donors (Lipinski definition) is 12. The van der Waals surface area contributed by atoms with Gasteiger partial charge in [0.1, 0.15) is 61.0 Å². The van der Waals surface area contributed by atoms with Gasteiger partial charge in [0.2, 0.25) is 35.8 Å². The molecule has 8 atom stereocenters. The van der Waals surface area contributed by atoms with Crippen molar-refractivity contribution >= 4 is 108 Å². The topological polar surface area (TPSA) is 535 Å². The van der Waals surface area contributed by atoms with Gasteiger partial charge in [0.05, 0.1) is 100 Å². The van der Waals surface area contributed by atoms with Crippen LogP contribution in [0.15, 0.2) is 91.1 Å². The molecule has 4 saturated carbocycles. The molecule has 2 unspecified atom stereocenters. The number of nitrogens with one attached hydrogen (secondary N) is 6. The normalized spacial score (nSPS) is 22.5. The van der Waals surface area contributed by atoms with E-state index in [1.807, 2.05) is 59.0 Å². The van der Waals surface area contributed by atoms with E-state index in [0.29, 0.717) is 59.3 Å². The lowest BCUT2D eigenvalue weighted by Crippen LogP contribution is -2.64. The molecule has 40 nitrogen and oxygen atoms in total. The van der Waals surface area contributed by atoms with Crippen molar-refractivity contribution in [2.75, 3.05) is 147 Å². The Balaban J connectivity index is 0.564. The lowest BCUT2D eigenvalue weighted by molar-refractivity contribution is -0.277. The number of carboxylic acids is 1. The van der Waals surface area contributed by atoms with Crippen molar-refractivity contribution in [3.63, 3.8) is 0 Å². The van der Waals surface area contributed by atoms with Crippen LogP contribution in [0.3, 0.4) is 0 Å². The van der Waals surface area contributed by atoms with Crippen LogP contribution in [0.1, 0.15) is 115 Å². The number of pyridine rings is 1. The number of aromatic nitrogens is 4. The number of likely N-dealkylation sites (N-methyl/N-ethyl adjacent to an activating group) is 1. The number of imide groups is 1. The van der Waals surface area contributed by atoms with Crippen molar-refractivity contribution in [2.45, 2.75) is 147 Å². The monoisotopic (exact) mass is 1810 g/mol. The second-order valence-corrected chi connectivity index (χ2v) is 35.9. The first-order chi connectivity index (χ1) is 60.7. The fourth-order valence-corrected chi connectivity index (χ4v) is 19.8. The number of thiazole rings is 1. The third-order valence-corrected chi connectivity index (χ3v) is 24.7. The quantitative estimate of drug-likeness (QED) is 0.0148. The van der Waals surface area contributed by atoms with Gasteiger partial charge in [-0.05, 0) is 127 Å². The van der Waals surface area contributed by atoms with Crippen molar-refractivity contribution in [1.82, 2.24) is 50.8 Å². The molecule has 4 bridgehead atoms. The van der Waals surface area contributed by atoms with Gasteiger partial charge >= 0.3 is 12.1 Å². The van der Waals surface area contributed by atoms with Crippen LogP contribution in [-0.2, 0) is 108 Å². The SMILES string of the molecule is Cc1c(-c2ccc(N3CCc4cccc(C(=O)Nc5nc6ccccc6s5)c4C3)nc2C(=O)O)cnn1CC12CC3(C)CC(C)(C1)CC(OCCN(C)C(=O)OCc1ccc(O[C@@H]4O[C@H](CO)[C@H](O)[C@H](O)[C@H]4O)c(NC(=O)CCNC(=O)COCCNC(=O)[C@@H](CS(=O)(=O)O)NC(=O)CCOCCOCCOCCOCCNC(=O)CCN4C(=O)C=CC4=O)c1)(C3)C2. The summed E-state index contributed by atoms with van der Waals surface area (Å²) >= 11 is 1.39. The molecule has 0 spiro atoms. The maximum Gasteiger partial charge on any atom is 0.409 e. The number of ether oxygens (including phenoxy) is 9. The number of carbonyl (C=O) groups is 10. The van der Waals surface area contributed by atoms with Crippen LogP contribution in [-0.4, -0.2) is 301 Å². The Morgan fingerprint density at radius 3 is 2.11 bits per heavy atom. The summed E-state index contributed by atoms with van der Waals surface area (Å²) in [7, 11) is -3.20. The number of aliphatic hydroxyl groups is 4. The molecule has 688 valence electrons. The number of aromatic carboxylic acids is 1. The summed E-state index contributed by atoms with van der Waals surface area (Å²) in [6.07, 6.45) is 0.110. The van der Waals surface area contributed by atoms with Crippen molar-refractivity contribution < 1.29 is 129 Å². The molecule has 0 radical (unpaired) electrons. The first-order valence-electron chi connectivity index (χ1n) is 41.9. The van der Waals surface area contributed by atoms with Gasteiger partial charge in [-0.3, -0.25) is 57.8 Å². The zero-order chi connectivity index (χ0) is 90.8. The number of aliphatic hydroxyl groups excluding tert-OH is 4. The molecule has 42 heteroatoms. The third-order valence-electron chi connectivity index (χ3n) is 23.0. The number of para-hydroxylation sites is 1. The summed E-state index contributed by atoms with van der Waals surface area (Å²) in [6.45, 7) is 7.34. The summed E-state index contributed by atoms with van der Waals surface area (Å²) in [5.74, 6) is -6.69. The van der Waals surface area contributed by atoms with Crippen LogP contribution in [0.4, 0.5) is 21.4 Å². The van der Waals surface area contributed by atoms with Crippen LogP contribution >= 0.6 is 11.3 Å². The third kappa shape index (κ3) is 25.7. The van der Waals surface area contributed by atoms with E-state index in [0.717, 1.165) is 82.6 Å². The van der Waals surface area contributed by atoms with Gasteiger partial charge in [0.15, 0.2) is 10.8 Å². The molecule has 6 aromatic rings. The van der Waals surface area contributed by atoms with E-state index >= 15 is 0 Å². The molecule has 3 aromatic heterocycles. The summed E-state index contributed by atoms with van der Waals surface area (Å²) in [5.41, 5.74) is 4.29. The fourth-order valence-electron chi connectivity index (χ4n) is 18.2. The average Bonchev–Trinajstić information content (AvgIpc) is 1.36. The minimum Gasteiger partial charge on any atom is -0.476 e. The Kier molecular flexibility index (Phi) is 32.4. The van der Waals surface area contributed by atoms with Crippen molar-refractivity contribution in [3.8, 4) is 16.9 Å². The lowest BCUT2D eigenvalue weighted by Gasteiger charge is -2.69. The van der Waals surface area contributed by atoms with E-state index in [1.165, 1.54) is 34.4 Å². The maximum absolute atomic E-state index is 13.8. The smallest absolute Gasteiger partial charge is 0.409 e. The van der Waals surface area contributed by atoms with Gasteiger partial charge in [0, 0.05) is 113 Å². The highest BCUT2D eigenvalue weighted by atomic mass is 32.2. The van der Waals surface area contributed by atoms with E-state index in [1.54, 1.807) is 25.4 Å². The highest BCUT2D eigenvalue weighted by Crippen LogP contribution is 2.72. The molecule has 3 aliphatic heterocycles. The first kappa shape index (κ1) is 95.5. The maximum atomic E-state index is 13.8. The predicted molar refractivity (Wildman–Crippen MR) is 454 cm³/mol. The van der Waals surface area contributed by atoms with Crippen LogP contribution in [0, 0.1) is 23.2 Å². The molecule has 6 heterocycles. The van der Waals surface area contributed by atoms with Gasteiger partial charge in [-0.2, -0.15) is 13.5 Å². The largest absolute Gasteiger partial charge is 0.476 e. The number of amides is 9. The average molecular weight is 1810 g/mol. The van der Waals surface area contributed by atoms with E-state index in [2.05, 4.69) is 50.7 Å². The number of benzene rings is 3. The molecule has 12 N–H and O–H groups in total. The van der Waals surface area contributed by atoms with E-state index in [-0.39, 0.29) is 170 Å². The van der Waals surface area contributed by atoms with Crippen LogP contribution in [0.25, 0.3) is 21.3 Å². The molecule has 5 fully saturated rings. The molecule has 7 aliphatic rings. The highest BCUT2D eigenvalue weighted by Gasteiger charge is 2.66.